The van der Waals surface area contributed by atoms with Gasteiger partial charge in [-0.05, 0) is 31.4 Å². The number of aryl methyl sites for hydroxylation is 1. The predicted molar refractivity (Wildman–Crippen MR) is 89.9 cm³/mol. The molecule has 0 aliphatic rings. The topological polar surface area (TPSA) is 59.4 Å². The van der Waals surface area contributed by atoms with Gasteiger partial charge in [0, 0.05) is 38.3 Å². The van der Waals surface area contributed by atoms with Crippen LogP contribution in [-0.4, -0.2) is 37.2 Å². The van der Waals surface area contributed by atoms with Gasteiger partial charge in [0.2, 0.25) is 0 Å². The molecule has 4 nitrogen and oxygen atoms in total. The van der Waals surface area contributed by atoms with Crippen LogP contribution in [0.1, 0.15) is 63.0 Å². The summed E-state index contributed by atoms with van der Waals surface area (Å²) < 4.78 is 4.25. The van der Waals surface area contributed by atoms with Crippen LogP contribution in [-0.2, 0) is 11.2 Å². The fourth-order valence-electron chi connectivity index (χ4n) is 1.25. The standard InChI is InChI=1S/C11H15NO2.C2H6O.2C2H6/c13-7-3-1-2-4-11-6-5-10(9-14)8-12-11;1-3-2;2*1-2/h5-6,8-9,13H,1-4,7H2;1-2H3;2*1-2H3. The first-order chi connectivity index (χ1) is 10.3. The summed E-state index contributed by atoms with van der Waals surface area (Å²) in [6.07, 6.45) is 6.21. The summed E-state index contributed by atoms with van der Waals surface area (Å²) >= 11 is 0. The van der Waals surface area contributed by atoms with Gasteiger partial charge >= 0.3 is 0 Å². The fourth-order valence-corrected chi connectivity index (χ4v) is 1.25. The number of carbonyl (C=O) groups excluding carboxylic acids is 1. The quantitative estimate of drug-likeness (QED) is 0.639. The first kappa shape index (κ1) is 24.7. The Morgan fingerprint density at radius 1 is 1.10 bits per heavy atom. The van der Waals surface area contributed by atoms with Crippen LogP contribution in [0.3, 0.4) is 0 Å². The zero-order valence-electron chi connectivity index (χ0n) is 14.6. The highest BCUT2D eigenvalue weighted by molar-refractivity contribution is 5.73. The Balaban J connectivity index is -0.000000399. The molecule has 0 unspecified atom stereocenters. The van der Waals surface area contributed by atoms with Crippen LogP contribution < -0.4 is 0 Å². The summed E-state index contributed by atoms with van der Waals surface area (Å²) in [6, 6.07) is 3.66. The van der Waals surface area contributed by atoms with Crippen LogP contribution in [0.15, 0.2) is 18.3 Å². The maximum absolute atomic E-state index is 10.3. The van der Waals surface area contributed by atoms with Gasteiger partial charge in [-0.1, -0.05) is 34.1 Å². The van der Waals surface area contributed by atoms with E-state index >= 15 is 0 Å². The van der Waals surface area contributed by atoms with Gasteiger partial charge in [-0.15, -0.1) is 0 Å². The molecular formula is C17H33NO3. The van der Waals surface area contributed by atoms with Gasteiger partial charge in [-0.2, -0.15) is 0 Å². The minimum absolute atomic E-state index is 0.261. The Bertz CT molecular complexity index is 287. The van der Waals surface area contributed by atoms with Crippen LogP contribution in [0.4, 0.5) is 0 Å². The van der Waals surface area contributed by atoms with Crippen LogP contribution in [0.2, 0.25) is 0 Å². The molecule has 0 atom stereocenters. The number of carbonyl (C=O) groups is 1. The zero-order chi connectivity index (χ0) is 16.9. The molecular weight excluding hydrogens is 266 g/mol. The van der Waals surface area contributed by atoms with Crippen molar-refractivity contribution in [3.05, 3.63) is 29.6 Å². The van der Waals surface area contributed by atoms with Crippen molar-refractivity contribution in [1.82, 2.24) is 4.98 Å². The average Bonchev–Trinajstić information content (AvgIpc) is 2.57. The minimum Gasteiger partial charge on any atom is -0.396 e. The molecule has 1 aromatic rings. The molecule has 124 valence electrons. The normalized spacial score (nSPS) is 8.14. The molecule has 0 aromatic carbocycles. The Labute approximate surface area is 130 Å². The number of aromatic nitrogens is 1. The van der Waals surface area contributed by atoms with E-state index in [1.54, 1.807) is 26.5 Å². The van der Waals surface area contributed by atoms with Crippen LogP contribution in [0.5, 0.6) is 0 Å². The number of pyridine rings is 1. The lowest BCUT2D eigenvalue weighted by Crippen LogP contribution is -1.92. The van der Waals surface area contributed by atoms with Gasteiger partial charge in [0.1, 0.15) is 0 Å². The smallest absolute Gasteiger partial charge is 0.151 e. The maximum atomic E-state index is 10.3. The Kier molecular flexibility index (Phi) is 28.0. The van der Waals surface area contributed by atoms with Crippen LogP contribution in [0.25, 0.3) is 0 Å². The average molecular weight is 299 g/mol. The van der Waals surface area contributed by atoms with E-state index in [9.17, 15) is 4.79 Å². The molecule has 1 aromatic heterocycles. The third-order valence-electron chi connectivity index (χ3n) is 2.07. The van der Waals surface area contributed by atoms with Gasteiger partial charge in [0.15, 0.2) is 6.29 Å². The SMILES string of the molecule is CC.CC.COC.O=Cc1ccc(CCCCCO)nc1. The second kappa shape index (κ2) is 23.8. The van der Waals surface area contributed by atoms with E-state index < -0.39 is 0 Å². The van der Waals surface area contributed by atoms with Crippen molar-refractivity contribution in [1.29, 1.82) is 0 Å². The van der Waals surface area contributed by atoms with E-state index in [-0.39, 0.29) is 6.61 Å². The van der Waals surface area contributed by atoms with Crippen LogP contribution >= 0.6 is 0 Å². The highest BCUT2D eigenvalue weighted by Crippen LogP contribution is 2.04. The Morgan fingerprint density at radius 3 is 2.05 bits per heavy atom. The summed E-state index contributed by atoms with van der Waals surface area (Å²) in [5.41, 5.74) is 1.62. The molecule has 0 aliphatic carbocycles. The third kappa shape index (κ3) is 18.7. The van der Waals surface area contributed by atoms with E-state index in [1.165, 1.54) is 0 Å². The van der Waals surface area contributed by atoms with Gasteiger partial charge in [-0.25, -0.2) is 0 Å². The Morgan fingerprint density at radius 2 is 1.67 bits per heavy atom. The summed E-state index contributed by atoms with van der Waals surface area (Å²) in [5.74, 6) is 0. The highest BCUT2D eigenvalue weighted by atomic mass is 16.4. The molecule has 0 bridgehead atoms. The van der Waals surface area contributed by atoms with Crippen molar-refractivity contribution in [2.75, 3.05) is 20.8 Å². The molecule has 0 saturated carbocycles. The van der Waals surface area contributed by atoms with E-state index in [4.69, 9.17) is 5.11 Å². The van der Waals surface area contributed by atoms with Crippen molar-refractivity contribution >= 4 is 6.29 Å². The molecule has 1 N–H and O–H groups in total. The Hall–Kier alpha value is -1.26. The summed E-state index contributed by atoms with van der Waals surface area (Å²) in [6.45, 7) is 8.26. The molecule has 1 heterocycles. The summed E-state index contributed by atoms with van der Waals surface area (Å²) in [4.78, 5) is 14.5. The van der Waals surface area contributed by atoms with Gasteiger partial charge < -0.3 is 9.84 Å². The van der Waals surface area contributed by atoms with E-state index in [1.807, 2.05) is 33.8 Å². The predicted octanol–water partition coefficient (Wildman–Crippen LogP) is 3.91. The van der Waals surface area contributed by atoms with Crippen molar-refractivity contribution in [3.8, 4) is 0 Å². The van der Waals surface area contributed by atoms with Crippen molar-refractivity contribution in [2.45, 2.75) is 53.4 Å². The van der Waals surface area contributed by atoms with Crippen molar-refractivity contribution < 1.29 is 14.6 Å². The number of hydrogen-bond donors (Lipinski definition) is 1. The number of rotatable bonds is 6. The van der Waals surface area contributed by atoms with E-state index in [0.717, 1.165) is 37.7 Å². The molecule has 1 rings (SSSR count). The molecule has 21 heavy (non-hydrogen) atoms. The lowest BCUT2D eigenvalue weighted by atomic mass is 10.1. The molecule has 0 aliphatic heterocycles. The lowest BCUT2D eigenvalue weighted by Gasteiger charge is -1.99. The van der Waals surface area contributed by atoms with E-state index in [0.29, 0.717) is 5.56 Å². The number of ether oxygens (including phenoxy) is 1. The number of nitrogens with zero attached hydrogens (tertiary/aromatic N) is 1. The monoisotopic (exact) mass is 299 g/mol. The molecule has 0 saturated heterocycles. The van der Waals surface area contributed by atoms with Gasteiger partial charge in [-0.3, -0.25) is 9.78 Å². The van der Waals surface area contributed by atoms with Crippen LogP contribution in [0, 0.1) is 0 Å². The first-order valence-electron chi connectivity index (χ1n) is 7.69. The highest BCUT2D eigenvalue weighted by Gasteiger charge is 1.95. The number of aliphatic hydroxyl groups excluding tert-OH is 1. The zero-order valence-corrected chi connectivity index (χ0v) is 14.6. The number of hydrogen-bond acceptors (Lipinski definition) is 4. The molecule has 4 heteroatoms. The molecule has 0 radical (unpaired) electrons. The lowest BCUT2D eigenvalue weighted by molar-refractivity contribution is 0.112. The van der Waals surface area contributed by atoms with Gasteiger partial charge in [0.05, 0.1) is 0 Å². The molecule has 0 fully saturated rings. The summed E-state index contributed by atoms with van der Waals surface area (Å²) in [7, 11) is 3.25. The molecule has 0 spiro atoms. The van der Waals surface area contributed by atoms with Crippen molar-refractivity contribution in [3.63, 3.8) is 0 Å². The number of aldehydes is 1. The second-order valence-electron chi connectivity index (χ2n) is 3.64. The second-order valence-corrected chi connectivity index (χ2v) is 3.64. The minimum atomic E-state index is 0.261. The third-order valence-corrected chi connectivity index (χ3v) is 2.07. The summed E-state index contributed by atoms with van der Waals surface area (Å²) in [5, 5.41) is 8.58. The first-order valence-corrected chi connectivity index (χ1v) is 7.69. The maximum Gasteiger partial charge on any atom is 0.151 e. The number of aliphatic hydroxyl groups is 1. The fraction of sp³-hybridized carbons (Fsp3) is 0.647. The van der Waals surface area contributed by atoms with Gasteiger partial charge in [0.25, 0.3) is 0 Å². The van der Waals surface area contributed by atoms with E-state index in [2.05, 4.69) is 9.72 Å². The largest absolute Gasteiger partial charge is 0.396 e. The van der Waals surface area contributed by atoms with Crippen molar-refractivity contribution in [2.24, 2.45) is 0 Å². The number of methoxy groups -OCH3 is 1. The number of unbranched alkanes of at least 4 members (excludes halogenated alkanes) is 2. The molecule has 0 amide bonds.